The Morgan fingerprint density at radius 2 is 1.09 bits per heavy atom. The highest BCUT2D eigenvalue weighted by Gasteiger charge is 2.31. The summed E-state index contributed by atoms with van der Waals surface area (Å²) in [5, 5.41) is 11.6. The molecule has 0 saturated heterocycles. The van der Waals surface area contributed by atoms with Crippen LogP contribution in [-0.4, -0.2) is 14.5 Å². The van der Waals surface area contributed by atoms with Crippen LogP contribution in [0.25, 0.3) is 99.6 Å². The number of nitrogens with zero attached hydrogens (tertiary/aromatic N) is 5. The molecule has 0 amide bonds. The van der Waals surface area contributed by atoms with E-state index in [4.69, 9.17) is 16.5 Å². The zero-order chi connectivity index (χ0) is 44.0. The minimum Gasteiger partial charge on any atom is -0.308 e. The van der Waals surface area contributed by atoms with Crippen LogP contribution in [-0.2, 0) is 6.18 Å². The van der Waals surface area contributed by atoms with E-state index in [-0.39, 0.29) is 0 Å². The summed E-state index contributed by atoms with van der Waals surface area (Å²) in [7, 11) is 0. The van der Waals surface area contributed by atoms with E-state index in [1.165, 1.54) is 12.1 Å². The van der Waals surface area contributed by atoms with E-state index < -0.39 is 11.7 Å². The number of rotatable bonds is 7. The number of aromatic nitrogens is 3. The summed E-state index contributed by atoms with van der Waals surface area (Å²) in [5.74, 6) is 0.504. The van der Waals surface area contributed by atoms with Crippen molar-refractivity contribution in [2.45, 2.75) is 13.1 Å². The van der Waals surface area contributed by atoms with E-state index >= 15 is 0 Å². The Balaban J connectivity index is 1.30. The highest BCUT2D eigenvalue weighted by molar-refractivity contribution is 6.12. The molecule has 8 aromatic carbocycles. The van der Waals surface area contributed by atoms with E-state index in [1.54, 1.807) is 37.3 Å². The topological polar surface area (TPSA) is 58.9 Å². The Bertz CT molecular complexity index is 3350. The number of alkyl halides is 3. The molecule has 0 aliphatic rings. The van der Waals surface area contributed by atoms with Gasteiger partial charge in [0.2, 0.25) is 0 Å². The van der Waals surface area contributed by atoms with Crippen LogP contribution in [0.2, 0.25) is 0 Å². The van der Waals surface area contributed by atoms with Gasteiger partial charge in [0.1, 0.15) is 0 Å². The number of hydrogen-bond acceptors (Lipinski definition) is 3. The Morgan fingerprint density at radius 3 is 1.69 bits per heavy atom. The smallest absolute Gasteiger partial charge is 0.308 e. The molecular weight excluding hydrogens is 800 g/mol. The fourth-order valence-corrected chi connectivity index (χ4v) is 8.48. The molecule has 0 atom stereocenters. The van der Waals surface area contributed by atoms with Crippen molar-refractivity contribution >= 4 is 27.5 Å². The first-order valence-electron chi connectivity index (χ1n) is 20.5. The zero-order valence-corrected chi connectivity index (χ0v) is 34.3. The number of hydrogen-bond donors (Lipinski definition) is 0. The predicted molar refractivity (Wildman–Crippen MR) is 250 cm³/mol. The SMILES string of the molecule is [C-]#[N+]c1ccc(-c2cc(-c3nc(-c4ccccc4)cc(-c4ccccc4)n3)cc(-c3ccc(C#N)cc3)c2-n2c3ccccc3c3cc(-c4cc(C)cc(C(F)(F)F)c4)ccc32)cc1. The lowest BCUT2D eigenvalue weighted by Gasteiger charge is -2.21. The maximum Gasteiger partial charge on any atom is 0.416 e. The van der Waals surface area contributed by atoms with Crippen molar-refractivity contribution in [1.29, 1.82) is 5.26 Å². The molecule has 0 N–H and O–H groups in total. The summed E-state index contributed by atoms with van der Waals surface area (Å²) < 4.78 is 44.3. The van der Waals surface area contributed by atoms with E-state index in [0.29, 0.717) is 33.8 Å². The van der Waals surface area contributed by atoms with Gasteiger partial charge in [-0.15, -0.1) is 0 Å². The highest BCUT2D eigenvalue weighted by Crippen LogP contribution is 2.45. The Labute approximate surface area is 367 Å². The molecular formula is C56H34F3N5. The van der Waals surface area contributed by atoms with Gasteiger partial charge in [0.05, 0.1) is 51.9 Å². The van der Waals surface area contributed by atoms with Crippen molar-refractivity contribution in [3.63, 3.8) is 0 Å². The summed E-state index contributed by atoms with van der Waals surface area (Å²) in [6.45, 7) is 9.40. The summed E-state index contributed by atoms with van der Waals surface area (Å²) in [5.41, 5.74) is 11.9. The van der Waals surface area contributed by atoms with Crippen LogP contribution in [0.1, 0.15) is 16.7 Å². The third kappa shape index (κ3) is 7.34. The molecule has 0 fully saturated rings. The number of benzene rings is 8. The maximum absolute atomic E-state index is 14.0. The van der Waals surface area contributed by atoms with Gasteiger partial charge >= 0.3 is 6.18 Å². The molecule has 0 radical (unpaired) electrons. The minimum absolute atomic E-state index is 0.474. The van der Waals surface area contributed by atoms with Gasteiger partial charge in [0.15, 0.2) is 11.5 Å². The van der Waals surface area contributed by atoms with Crippen LogP contribution < -0.4 is 0 Å². The lowest BCUT2D eigenvalue weighted by molar-refractivity contribution is -0.137. The highest BCUT2D eigenvalue weighted by atomic mass is 19.4. The molecule has 5 nitrogen and oxygen atoms in total. The summed E-state index contributed by atoms with van der Waals surface area (Å²) in [6.07, 6.45) is -4.49. The van der Waals surface area contributed by atoms with Crippen LogP contribution >= 0.6 is 0 Å². The Kier molecular flexibility index (Phi) is 9.90. The average Bonchev–Trinajstić information content (AvgIpc) is 3.67. The zero-order valence-electron chi connectivity index (χ0n) is 34.3. The third-order valence-corrected chi connectivity index (χ3v) is 11.5. The first kappa shape index (κ1) is 39.5. The van der Waals surface area contributed by atoms with Crippen LogP contribution in [0.4, 0.5) is 18.9 Å². The molecule has 0 aliphatic carbocycles. The lowest BCUT2D eigenvalue weighted by Crippen LogP contribution is -2.05. The normalized spacial score (nSPS) is 11.4. The second-order valence-corrected chi connectivity index (χ2v) is 15.6. The van der Waals surface area contributed by atoms with E-state index in [9.17, 15) is 18.4 Å². The molecule has 0 aliphatic heterocycles. The maximum atomic E-state index is 14.0. The summed E-state index contributed by atoms with van der Waals surface area (Å²) in [4.78, 5) is 14.1. The molecule has 10 aromatic rings. The molecule has 304 valence electrons. The third-order valence-electron chi connectivity index (χ3n) is 11.5. The van der Waals surface area contributed by atoms with Crippen molar-refractivity contribution in [3.05, 3.63) is 216 Å². The van der Waals surface area contributed by atoms with Gasteiger partial charge in [-0.05, 0) is 95.4 Å². The first-order valence-corrected chi connectivity index (χ1v) is 20.5. The van der Waals surface area contributed by atoms with Gasteiger partial charge in [0, 0.05) is 38.6 Å². The lowest BCUT2D eigenvalue weighted by atomic mass is 9.92. The molecule has 64 heavy (non-hydrogen) atoms. The van der Waals surface area contributed by atoms with Crippen LogP contribution in [0.15, 0.2) is 188 Å². The summed E-state index contributed by atoms with van der Waals surface area (Å²) in [6, 6.07) is 61.3. The van der Waals surface area contributed by atoms with Crippen molar-refractivity contribution in [3.8, 4) is 79.0 Å². The molecule has 8 heteroatoms. The van der Waals surface area contributed by atoms with E-state index in [1.807, 2.05) is 133 Å². The van der Waals surface area contributed by atoms with Crippen molar-refractivity contribution in [2.24, 2.45) is 0 Å². The predicted octanol–water partition coefficient (Wildman–Crippen LogP) is 15.3. The van der Waals surface area contributed by atoms with Crippen LogP contribution in [0.5, 0.6) is 0 Å². The molecule has 0 bridgehead atoms. The fourth-order valence-electron chi connectivity index (χ4n) is 8.48. The molecule has 2 heterocycles. The molecule has 10 rings (SSSR count). The summed E-state index contributed by atoms with van der Waals surface area (Å²) >= 11 is 0. The average molecular weight is 834 g/mol. The van der Waals surface area contributed by atoms with Gasteiger partial charge in [-0.25, -0.2) is 14.8 Å². The Morgan fingerprint density at radius 1 is 0.531 bits per heavy atom. The number of fused-ring (bicyclic) bond motifs is 3. The van der Waals surface area contributed by atoms with Gasteiger partial charge < -0.3 is 4.57 Å². The monoisotopic (exact) mass is 833 g/mol. The Hall–Kier alpha value is -8.59. The number of halogens is 3. The molecule has 0 spiro atoms. The number of para-hydroxylation sites is 1. The second kappa shape index (κ2) is 16.0. The van der Waals surface area contributed by atoms with Gasteiger partial charge in [-0.2, -0.15) is 18.4 Å². The van der Waals surface area contributed by atoms with Gasteiger partial charge in [-0.3, -0.25) is 0 Å². The van der Waals surface area contributed by atoms with Gasteiger partial charge in [-0.1, -0.05) is 127 Å². The van der Waals surface area contributed by atoms with Crippen LogP contribution in [0, 0.1) is 24.8 Å². The van der Waals surface area contributed by atoms with Crippen molar-refractivity contribution in [2.75, 3.05) is 0 Å². The fraction of sp³-hybridized carbons (Fsp3) is 0.0357. The standard InChI is InChI=1S/C56H34F3N5/c1-35-27-42(29-44(28-35)56(57,58)59)41-23-26-53-49(30-41)46-15-9-10-16-52(46)64(53)54-47(37-19-17-36(34-60)18-20-37)31-43(32-48(54)38-21-24-45(61-2)25-22-38)55-62-50(39-11-5-3-6-12-39)33-51(63-55)40-13-7-4-8-14-40/h3-33H,1H3. The number of nitriles is 1. The van der Waals surface area contributed by atoms with E-state index in [0.717, 1.165) is 77.8 Å². The van der Waals surface area contributed by atoms with E-state index in [2.05, 4.69) is 27.6 Å². The van der Waals surface area contributed by atoms with Crippen LogP contribution in [0.3, 0.4) is 0 Å². The van der Waals surface area contributed by atoms with Gasteiger partial charge in [0.25, 0.3) is 0 Å². The molecule has 0 saturated carbocycles. The molecule has 2 aromatic heterocycles. The first-order chi connectivity index (χ1) is 31.1. The minimum atomic E-state index is -4.49. The largest absolute Gasteiger partial charge is 0.416 e. The van der Waals surface area contributed by atoms with Crippen molar-refractivity contribution in [1.82, 2.24) is 14.5 Å². The molecule has 0 unspecified atom stereocenters. The number of aryl methyl sites for hydroxylation is 1. The van der Waals surface area contributed by atoms with Crippen molar-refractivity contribution < 1.29 is 13.2 Å². The second-order valence-electron chi connectivity index (χ2n) is 15.6. The quantitative estimate of drug-likeness (QED) is 0.150.